The number of ether oxygens (including phenoxy) is 1. The van der Waals surface area contributed by atoms with Crippen molar-refractivity contribution in [3.63, 3.8) is 0 Å². The number of carbonyl (C=O) groups excluding carboxylic acids is 1. The molecule has 0 saturated heterocycles. The van der Waals surface area contributed by atoms with Crippen LogP contribution in [0.1, 0.15) is 32.6 Å². The summed E-state index contributed by atoms with van der Waals surface area (Å²) in [7, 11) is 0. The predicted octanol–water partition coefficient (Wildman–Crippen LogP) is 2.01. The van der Waals surface area contributed by atoms with Gasteiger partial charge in [-0.3, -0.25) is 4.79 Å². The smallest absolute Gasteiger partial charge is 0.307 e. The second-order valence-electron chi connectivity index (χ2n) is 2.51. The van der Waals surface area contributed by atoms with Crippen LogP contribution in [-0.2, 0) is 9.53 Å². The molecule has 0 unspecified atom stereocenters. The number of rotatable bonds is 1. The molecule has 1 rings (SSSR count). The van der Waals surface area contributed by atoms with Crippen LogP contribution in [0.4, 0.5) is 0 Å². The summed E-state index contributed by atoms with van der Waals surface area (Å²) in [6, 6.07) is 0. The summed E-state index contributed by atoms with van der Waals surface area (Å²) in [6.45, 7) is 1.44. The second kappa shape index (κ2) is 3.40. The normalized spacial score (nSPS) is 17.9. The first-order chi connectivity index (χ1) is 4.79. The van der Waals surface area contributed by atoms with E-state index in [1.807, 2.05) is 6.08 Å². The van der Waals surface area contributed by atoms with Crippen LogP contribution < -0.4 is 0 Å². The van der Waals surface area contributed by atoms with E-state index >= 15 is 0 Å². The first kappa shape index (κ1) is 7.32. The second-order valence-corrected chi connectivity index (χ2v) is 2.51. The SMILES string of the molecule is CC(=O)OC1=CCCCC1. The molecule has 0 amide bonds. The largest absolute Gasteiger partial charge is 0.432 e. The first-order valence-electron chi connectivity index (χ1n) is 3.66. The van der Waals surface area contributed by atoms with Gasteiger partial charge in [-0.1, -0.05) is 0 Å². The molecule has 2 nitrogen and oxygen atoms in total. The van der Waals surface area contributed by atoms with Crippen molar-refractivity contribution in [3.05, 3.63) is 11.8 Å². The third kappa shape index (κ3) is 2.21. The van der Waals surface area contributed by atoms with E-state index in [9.17, 15) is 4.79 Å². The molecule has 0 heterocycles. The molecule has 0 aromatic rings. The number of hydrogen-bond acceptors (Lipinski definition) is 2. The van der Waals surface area contributed by atoms with Gasteiger partial charge in [0.05, 0.1) is 0 Å². The van der Waals surface area contributed by atoms with Gasteiger partial charge < -0.3 is 4.74 Å². The van der Waals surface area contributed by atoms with Crippen LogP contribution in [-0.4, -0.2) is 5.97 Å². The number of hydrogen-bond donors (Lipinski definition) is 0. The van der Waals surface area contributed by atoms with Crippen molar-refractivity contribution in [1.29, 1.82) is 0 Å². The van der Waals surface area contributed by atoms with Gasteiger partial charge in [0.2, 0.25) is 0 Å². The van der Waals surface area contributed by atoms with Crippen LogP contribution in [0.2, 0.25) is 0 Å². The average Bonchev–Trinajstić information content (AvgIpc) is 1.88. The third-order valence-electron chi connectivity index (χ3n) is 1.52. The molecule has 0 atom stereocenters. The Kier molecular flexibility index (Phi) is 2.49. The minimum atomic E-state index is -0.201. The highest BCUT2D eigenvalue weighted by Crippen LogP contribution is 2.17. The van der Waals surface area contributed by atoms with Crippen molar-refractivity contribution in [2.45, 2.75) is 32.6 Å². The summed E-state index contributed by atoms with van der Waals surface area (Å²) in [4.78, 5) is 10.4. The lowest BCUT2D eigenvalue weighted by atomic mass is 10.1. The predicted molar refractivity (Wildman–Crippen MR) is 38.3 cm³/mol. The summed E-state index contributed by atoms with van der Waals surface area (Å²) in [5, 5.41) is 0. The molecule has 0 aromatic heterocycles. The monoisotopic (exact) mass is 140 g/mol. The van der Waals surface area contributed by atoms with Crippen molar-refractivity contribution in [2.24, 2.45) is 0 Å². The number of carbonyl (C=O) groups is 1. The molecule has 0 bridgehead atoms. The molecule has 0 aromatic carbocycles. The molecule has 0 radical (unpaired) electrons. The van der Waals surface area contributed by atoms with E-state index in [4.69, 9.17) is 4.74 Å². The van der Waals surface area contributed by atoms with E-state index in [1.54, 1.807) is 0 Å². The molecule has 2 heteroatoms. The van der Waals surface area contributed by atoms with E-state index in [-0.39, 0.29) is 5.97 Å². The van der Waals surface area contributed by atoms with Crippen molar-refractivity contribution in [1.82, 2.24) is 0 Å². The molecule has 0 aliphatic heterocycles. The Bertz CT molecular complexity index is 159. The lowest BCUT2D eigenvalue weighted by molar-refractivity contribution is -0.137. The Morgan fingerprint density at radius 1 is 1.60 bits per heavy atom. The fraction of sp³-hybridized carbons (Fsp3) is 0.625. The quantitative estimate of drug-likeness (QED) is 0.521. The molecular weight excluding hydrogens is 128 g/mol. The topological polar surface area (TPSA) is 26.3 Å². The fourth-order valence-electron chi connectivity index (χ4n) is 1.09. The minimum Gasteiger partial charge on any atom is -0.432 e. The van der Waals surface area contributed by atoms with Crippen molar-refractivity contribution >= 4 is 5.97 Å². The Labute approximate surface area is 60.9 Å². The highest BCUT2D eigenvalue weighted by molar-refractivity contribution is 5.67. The van der Waals surface area contributed by atoms with Gasteiger partial charge in [0.15, 0.2) is 0 Å². The Hall–Kier alpha value is -0.790. The Morgan fingerprint density at radius 3 is 2.90 bits per heavy atom. The highest BCUT2D eigenvalue weighted by Gasteiger charge is 2.05. The zero-order chi connectivity index (χ0) is 7.40. The van der Waals surface area contributed by atoms with E-state index in [0.29, 0.717) is 0 Å². The van der Waals surface area contributed by atoms with Crippen molar-refractivity contribution in [2.75, 3.05) is 0 Å². The van der Waals surface area contributed by atoms with Gasteiger partial charge in [-0.2, -0.15) is 0 Å². The van der Waals surface area contributed by atoms with E-state index in [0.717, 1.165) is 25.0 Å². The molecule has 0 saturated carbocycles. The van der Waals surface area contributed by atoms with Crippen LogP contribution in [0.3, 0.4) is 0 Å². The Morgan fingerprint density at radius 2 is 2.40 bits per heavy atom. The van der Waals surface area contributed by atoms with Crippen LogP contribution in [0, 0.1) is 0 Å². The highest BCUT2D eigenvalue weighted by atomic mass is 16.5. The number of allylic oxidation sites excluding steroid dienone is 2. The van der Waals surface area contributed by atoms with Crippen molar-refractivity contribution in [3.8, 4) is 0 Å². The standard InChI is InChI=1S/C8H12O2/c1-7(9)10-8-5-3-2-4-6-8/h5H,2-4,6H2,1H3. The summed E-state index contributed by atoms with van der Waals surface area (Å²) in [6.07, 6.45) is 6.37. The van der Waals surface area contributed by atoms with Gasteiger partial charge in [-0.25, -0.2) is 0 Å². The van der Waals surface area contributed by atoms with E-state index in [1.165, 1.54) is 13.3 Å². The van der Waals surface area contributed by atoms with Crippen LogP contribution in [0.15, 0.2) is 11.8 Å². The maximum absolute atomic E-state index is 10.4. The molecule has 0 spiro atoms. The lowest BCUT2D eigenvalue weighted by Crippen LogP contribution is -2.01. The zero-order valence-electron chi connectivity index (χ0n) is 6.22. The zero-order valence-corrected chi connectivity index (χ0v) is 6.22. The van der Waals surface area contributed by atoms with Gasteiger partial charge in [-0.15, -0.1) is 0 Å². The third-order valence-corrected chi connectivity index (χ3v) is 1.52. The molecule has 0 N–H and O–H groups in total. The van der Waals surface area contributed by atoms with Gasteiger partial charge in [0.1, 0.15) is 5.76 Å². The molecular formula is C8H12O2. The summed E-state index contributed by atoms with van der Waals surface area (Å²) in [5.41, 5.74) is 0. The minimum absolute atomic E-state index is 0.201. The van der Waals surface area contributed by atoms with Crippen LogP contribution in [0.25, 0.3) is 0 Å². The first-order valence-corrected chi connectivity index (χ1v) is 3.66. The maximum Gasteiger partial charge on any atom is 0.307 e. The van der Waals surface area contributed by atoms with Gasteiger partial charge >= 0.3 is 5.97 Å². The lowest BCUT2D eigenvalue weighted by Gasteiger charge is -2.10. The molecule has 56 valence electrons. The number of esters is 1. The van der Waals surface area contributed by atoms with E-state index < -0.39 is 0 Å². The van der Waals surface area contributed by atoms with Crippen LogP contribution >= 0.6 is 0 Å². The average molecular weight is 140 g/mol. The van der Waals surface area contributed by atoms with E-state index in [2.05, 4.69) is 0 Å². The van der Waals surface area contributed by atoms with Crippen LogP contribution in [0.5, 0.6) is 0 Å². The summed E-state index contributed by atoms with van der Waals surface area (Å²) in [5.74, 6) is 0.659. The van der Waals surface area contributed by atoms with Gasteiger partial charge in [-0.05, 0) is 25.3 Å². The Balaban J connectivity index is 2.38. The van der Waals surface area contributed by atoms with Gasteiger partial charge in [0.25, 0.3) is 0 Å². The summed E-state index contributed by atoms with van der Waals surface area (Å²) >= 11 is 0. The molecule has 1 aliphatic rings. The summed E-state index contributed by atoms with van der Waals surface area (Å²) < 4.78 is 4.91. The molecule has 1 aliphatic carbocycles. The fourth-order valence-corrected chi connectivity index (χ4v) is 1.09. The maximum atomic E-state index is 10.4. The molecule has 0 fully saturated rings. The van der Waals surface area contributed by atoms with Crippen molar-refractivity contribution < 1.29 is 9.53 Å². The van der Waals surface area contributed by atoms with Gasteiger partial charge in [0, 0.05) is 13.3 Å². The molecule has 10 heavy (non-hydrogen) atoms.